The second-order valence-corrected chi connectivity index (χ2v) is 11.9. The molecule has 40 heavy (non-hydrogen) atoms. The highest BCUT2D eigenvalue weighted by atomic mass is 32.2. The minimum Gasteiger partial charge on any atom is -0.457 e. The van der Waals surface area contributed by atoms with Crippen molar-refractivity contribution in [2.75, 3.05) is 10.5 Å². The summed E-state index contributed by atoms with van der Waals surface area (Å²) in [4.78, 5) is 0. The second-order valence-electron chi connectivity index (χ2n) is 10.0. The van der Waals surface area contributed by atoms with Crippen molar-refractivity contribution in [2.45, 2.75) is 51.7 Å². The van der Waals surface area contributed by atoms with Crippen LogP contribution in [0, 0.1) is 18.3 Å². The van der Waals surface area contributed by atoms with Crippen molar-refractivity contribution in [3.8, 4) is 28.8 Å². The summed E-state index contributed by atoms with van der Waals surface area (Å²) in [6, 6.07) is 17.7. The quantitative estimate of drug-likeness (QED) is 0.233. The molecule has 1 aromatic heterocycles. The van der Waals surface area contributed by atoms with Crippen LogP contribution in [0.2, 0.25) is 0 Å². The largest absolute Gasteiger partial charge is 0.457 e. The number of halogens is 3. The molecule has 0 spiro atoms. The van der Waals surface area contributed by atoms with Crippen LogP contribution in [-0.2, 0) is 16.2 Å². The van der Waals surface area contributed by atoms with Crippen LogP contribution >= 0.6 is 0 Å². The van der Waals surface area contributed by atoms with Crippen molar-refractivity contribution in [2.24, 2.45) is 0 Å². The van der Waals surface area contributed by atoms with E-state index < -0.39 is 21.8 Å². The van der Waals surface area contributed by atoms with Crippen molar-refractivity contribution >= 4 is 26.6 Å². The number of rotatable bonds is 8. The van der Waals surface area contributed by atoms with E-state index in [4.69, 9.17) is 4.74 Å². The van der Waals surface area contributed by atoms with Crippen molar-refractivity contribution in [3.63, 3.8) is 0 Å². The van der Waals surface area contributed by atoms with E-state index in [1.54, 1.807) is 43.3 Å². The van der Waals surface area contributed by atoms with Crippen LogP contribution in [-0.4, -0.2) is 18.7 Å². The SMILES string of the molecule is CCCS(=O)(=O)Nc1ccc(-c2c(C#N)c3ccc(Oc4ccccc4C(F)(F)F)cc3n2C2CCC2)c(C)c1. The summed E-state index contributed by atoms with van der Waals surface area (Å²) in [5, 5.41) is 10.9. The van der Waals surface area contributed by atoms with Gasteiger partial charge in [0.2, 0.25) is 10.0 Å². The highest BCUT2D eigenvalue weighted by Gasteiger charge is 2.34. The van der Waals surface area contributed by atoms with Crippen LogP contribution in [0.4, 0.5) is 18.9 Å². The van der Waals surface area contributed by atoms with Crippen molar-refractivity contribution in [1.29, 1.82) is 5.26 Å². The topological polar surface area (TPSA) is 84.1 Å². The van der Waals surface area contributed by atoms with Crippen molar-refractivity contribution in [1.82, 2.24) is 4.57 Å². The minimum absolute atomic E-state index is 0.0140. The van der Waals surface area contributed by atoms with Crippen molar-refractivity contribution < 1.29 is 26.3 Å². The summed E-state index contributed by atoms with van der Waals surface area (Å²) in [6.45, 7) is 3.65. The molecular weight excluding hydrogens is 539 g/mol. The maximum Gasteiger partial charge on any atom is 0.419 e. The molecule has 1 aliphatic carbocycles. The number of anilines is 1. The predicted molar refractivity (Wildman–Crippen MR) is 149 cm³/mol. The lowest BCUT2D eigenvalue weighted by molar-refractivity contribution is -0.138. The van der Waals surface area contributed by atoms with Crippen LogP contribution < -0.4 is 9.46 Å². The normalized spacial score (nSPS) is 14.1. The summed E-state index contributed by atoms with van der Waals surface area (Å²) >= 11 is 0. The molecule has 10 heteroatoms. The number of fused-ring (bicyclic) bond motifs is 1. The standard InChI is InChI=1S/C30H28F3N3O3S/c1-3-15-40(37,38)35-20-11-13-23(19(2)16-20)29-25(18-34)24-14-12-22(17-27(24)36(29)21-7-6-8-21)39-28-10-5-4-9-26(28)30(31,32)33/h4-5,9-14,16-17,21,35H,3,6-8,15H2,1-2H3. The zero-order valence-corrected chi connectivity index (χ0v) is 22.9. The second kappa shape index (κ2) is 10.5. The van der Waals surface area contributed by atoms with Gasteiger partial charge in [0, 0.05) is 28.7 Å². The summed E-state index contributed by atoms with van der Waals surface area (Å²) in [7, 11) is -3.46. The number of benzene rings is 3. The molecule has 208 valence electrons. The molecule has 0 atom stereocenters. The first kappa shape index (κ1) is 27.6. The highest BCUT2D eigenvalue weighted by molar-refractivity contribution is 7.92. The Balaban J connectivity index is 1.62. The number of sulfonamides is 1. The van der Waals surface area contributed by atoms with E-state index in [1.165, 1.54) is 18.2 Å². The molecule has 6 nitrogen and oxygen atoms in total. The fraction of sp³-hybridized carbons (Fsp3) is 0.300. The molecule has 1 N–H and O–H groups in total. The summed E-state index contributed by atoms with van der Waals surface area (Å²) in [6.07, 6.45) is -1.25. The van der Waals surface area contributed by atoms with Gasteiger partial charge < -0.3 is 9.30 Å². The molecule has 0 bridgehead atoms. The van der Waals surface area contributed by atoms with Gasteiger partial charge in [0.1, 0.15) is 17.6 Å². The Hall–Kier alpha value is -3.97. The highest BCUT2D eigenvalue weighted by Crippen LogP contribution is 2.45. The van der Waals surface area contributed by atoms with E-state index in [-0.39, 0.29) is 23.3 Å². The molecule has 1 heterocycles. The molecule has 5 rings (SSSR count). The van der Waals surface area contributed by atoms with E-state index in [9.17, 15) is 26.9 Å². The number of nitriles is 1. The summed E-state index contributed by atoms with van der Waals surface area (Å²) < 4.78 is 75.7. The Bertz CT molecular complexity index is 1730. The summed E-state index contributed by atoms with van der Waals surface area (Å²) in [5.74, 6) is -0.0512. The van der Waals surface area contributed by atoms with Crippen LogP contribution in [0.15, 0.2) is 60.7 Å². The smallest absolute Gasteiger partial charge is 0.419 e. The van der Waals surface area contributed by atoms with Gasteiger partial charge in [-0.3, -0.25) is 4.72 Å². The Morgan fingerprint density at radius 1 is 1.10 bits per heavy atom. The summed E-state index contributed by atoms with van der Waals surface area (Å²) in [5.41, 5.74) is 2.99. The van der Waals surface area contributed by atoms with Gasteiger partial charge in [-0.2, -0.15) is 18.4 Å². The van der Waals surface area contributed by atoms with Crippen LogP contribution in [0.3, 0.4) is 0 Å². The molecular formula is C30H28F3N3O3S. The molecule has 1 saturated carbocycles. The Morgan fingerprint density at radius 2 is 1.85 bits per heavy atom. The zero-order chi connectivity index (χ0) is 28.7. The first-order valence-corrected chi connectivity index (χ1v) is 14.7. The van der Waals surface area contributed by atoms with Gasteiger partial charge in [0.15, 0.2) is 0 Å². The molecule has 0 aliphatic heterocycles. The molecule has 0 unspecified atom stereocenters. The van der Waals surface area contributed by atoms with E-state index in [0.29, 0.717) is 34.3 Å². The van der Waals surface area contributed by atoms with Gasteiger partial charge in [-0.15, -0.1) is 0 Å². The van der Waals surface area contributed by atoms with Gasteiger partial charge in [0.25, 0.3) is 0 Å². The average Bonchev–Trinajstić information content (AvgIpc) is 3.15. The average molecular weight is 568 g/mol. The first-order chi connectivity index (χ1) is 19.0. The van der Waals surface area contributed by atoms with E-state index in [2.05, 4.69) is 15.4 Å². The lowest BCUT2D eigenvalue weighted by Gasteiger charge is -2.30. The number of hydrogen-bond acceptors (Lipinski definition) is 4. The monoisotopic (exact) mass is 567 g/mol. The van der Waals surface area contributed by atoms with Crippen LogP contribution in [0.25, 0.3) is 22.2 Å². The van der Waals surface area contributed by atoms with Gasteiger partial charge in [0.05, 0.1) is 28.1 Å². The Labute approximate surface area is 231 Å². The number of nitrogens with one attached hydrogen (secondary N) is 1. The number of ether oxygens (including phenoxy) is 1. The zero-order valence-electron chi connectivity index (χ0n) is 22.0. The third-order valence-corrected chi connectivity index (χ3v) is 8.67. The number of nitrogens with zero attached hydrogens (tertiary/aromatic N) is 2. The number of para-hydroxylation sites is 1. The molecule has 0 radical (unpaired) electrons. The van der Waals surface area contributed by atoms with Crippen molar-refractivity contribution in [3.05, 3.63) is 77.4 Å². The molecule has 0 saturated heterocycles. The lowest BCUT2D eigenvalue weighted by Crippen LogP contribution is -2.18. The van der Waals surface area contributed by atoms with E-state index in [1.807, 2.05) is 6.92 Å². The van der Waals surface area contributed by atoms with Gasteiger partial charge in [-0.1, -0.05) is 25.1 Å². The third-order valence-electron chi connectivity index (χ3n) is 7.18. The predicted octanol–water partition coefficient (Wildman–Crippen LogP) is 8.18. The van der Waals surface area contributed by atoms with Gasteiger partial charge in [-0.05, 0) is 74.6 Å². The molecule has 3 aromatic carbocycles. The van der Waals surface area contributed by atoms with Crippen LogP contribution in [0.5, 0.6) is 11.5 Å². The number of aromatic nitrogens is 1. The molecule has 0 amide bonds. The number of alkyl halides is 3. The molecule has 1 aliphatic rings. The number of hydrogen-bond donors (Lipinski definition) is 1. The fourth-order valence-electron chi connectivity index (χ4n) is 5.16. The van der Waals surface area contributed by atoms with Crippen LogP contribution in [0.1, 0.15) is 55.3 Å². The molecule has 4 aromatic rings. The fourth-order valence-corrected chi connectivity index (χ4v) is 6.29. The van der Waals surface area contributed by atoms with Gasteiger partial charge in [-0.25, -0.2) is 8.42 Å². The first-order valence-electron chi connectivity index (χ1n) is 13.1. The lowest BCUT2D eigenvalue weighted by atomic mass is 9.91. The maximum absolute atomic E-state index is 13.6. The maximum atomic E-state index is 13.6. The molecule has 1 fully saturated rings. The minimum atomic E-state index is -4.57. The van der Waals surface area contributed by atoms with E-state index in [0.717, 1.165) is 36.5 Å². The van der Waals surface area contributed by atoms with Gasteiger partial charge >= 0.3 is 6.18 Å². The Morgan fingerprint density at radius 3 is 2.48 bits per heavy atom. The third kappa shape index (κ3) is 5.26. The number of aryl methyl sites for hydroxylation is 1. The van der Waals surface area contributed by atoms with E-state index >= 15 is 0 Å². The Kier molecular flexibility index (Phi) is 7.27.